The van der Waals surface area contributed by atoms with Crippen LogP contribution in [0.2, 0.25) is 0 Å². The first-order chi connectivity index (χ1) is 7.34. The summed E-state index contributed by atoms with van der Waals surface area (Å²) in [4.78, 5) is 15.5. The monoisotopic (exact) mass is 277 g/mol. The van der Waals surface area contributed by atoms with Gasteiger partial charge in [0.2, 0.25) is 5.91 Å². The van der Waals surface area contributed by atoms with Gasteiger partial charge in [0.05, 0.1) is 0 Å². The van der Waals surface area contributed by atoms with E-state index in [1.807, 2.05) is 0 Å². The summed E-state index contributed by atoms with van der Waals surface area (Å²) in [5.74, 6) is 0.0700. The van der Waals surface area contributed by atoms with Crippen LogP contribution in [-0.2, 0) is 4.79 Å². The van der Waals surface area contributed by atoms with Gasteiger partial charge in [-0.25, -0.2) is 0 Å². The number of aromatic nitrogens is 1. The molecule has 2 N–H and O–H groups in total. The molecule has 4 nitrogen and oxygen atoms in total. The van der Waals surface area contributed by atoms with Crippen molar-refractivity contribution in [1.82, 2.24) is 10.3 Å². The van der Waals surface area contributed by atoms with Gasteiger partial charge in [0, 0.05) is 30.5 Å². The molecule has 1 aromatic heterocycles. The predicted molar refractivity (Wildman–Crippen MR) is 73.0 cm³/mol. The molecular formula is C11H17Cl2N3O. The molecule has 1 atom stereocenters. The lowest BCUT2D eigenvalue weighted by molar-refractivity contribution is -0.116. The Morgan fingerprint density at radius 2 is 2.12 bits per heavy atom. The molecule has 6 heteroatoms. The number of amides is 1. The molecular weight excluding hydrogens is 261 g/mol. The van der Waals surface area contributed by atoms with Gasteiger partial charge in [-0.3, -0.25) is 9.78 Å². The standard InChI is InChI=1S/C11H15N3O.2ClH/c15-11(8-10-2-1-5-13-10)14-9-3-6-12-7-4-9;;/h3-4,6-7,10,13H,1-2,5,8H2,(H,12,14,15);2*1H. The minimum absolute atomic E-state index is 0. The van der Waals surface area contributed by atoms with E-state index in [4.69, 9.17) is 0 Å². The first-order valence-corrected chi connectivity index (χ1v) is 5.28. The van der Waals surface area contributed by atoms with E-state index in [0.717, 1.165) is 18.7 Å². The molecule has 1 aromatic rings. The fraction of sp³-hybridized carbons (Fsp3) is 0.455. The Labute approximate surface area is 113 Å². The average molecular weight is 278 g/mol. The number of anilines is 1. The molecule has 2 heterocycles. The number of carbonyl (C=O) groups excluding carboxylic acids is 1. The van der Waals surface area contributed by atoms with Crippen LogP contribution in [0.5, 0.6) is 0 Å². The molecule has 1 aliphatic rings. The Hall–Kier alpha value is -0.840. The Morgan fingerprint density at radius 3 is 2.71 bits per heavy atom. The molecule has 1 amide bonds. The highest BCUT2D eigenvalue weighted by molar-refractivity contribution is 5.90. The molecule has 0 bridgehead atoms. The van der Waals surface area contributed by atoms with Crippen molar-refractivity contribution < 1.29 is 4.79 Å². The van der Waals surface area contributed by atoms with Crippen LogP contribution >= 0.6 is 24.8 Å². The third-order valence-corrected chi connectivity index (χ3v) is 2.56. The van der Waals surface area contributed by atoms with Crippen LogP contribution in [0.4, 0.5) is 5.69 Å². The smallest absolute Gasteiger partial charge is 0.225 e. The summed E-state index contributed by atoms with van der Waals surface area (Å²) in [5.41, 5.74) is 0.813. The number of pyridine rings is 1. The molecule has 2 rings (SSSR count). The van der Waals surface area contributed by atoms with Gasteiger partial charge in [-0.15, -0.1) is 24.8 Å². The Balaban J connectivity index is 0.00000128. The number of carbonyl (C=O) groups is 1. The van der Waals surface area contributed by atoms with E-state index in [9.17, 15) is 4.79 Å². The summed E-state index contributed by atoms with van der Waals surface area (Å²) < 4.78 is 0. The highest BCUT2D eigenvalue weighted by Gasteiger charge is 2.17. The Kier molecular flexibility index (Phi) is 7.87. The third-order valence-electron chi connectivity index (χ3n) is 2.56. The van der Waals surface area contributed by atoms with E-state index in [1.54, 1.807) is 24.5 Å². The van der Waals surface area contributed by atoms with E-state index in [1.165, 1.54) is 6.42 Å². The second-order valence-electron chi connectivity index (χ2n) is 3.78. The number of halogens is 2. The Bertz CT molecular complexity index is 329. The van der Waals surface area contributed by atoms with E-state index in [-0.39, 0.29) is 30.7 Å². The normalized spacial score (nSPS) is 17.8. The number of hydrogen-bond acceptors (Lipinski definition) is 3. The molecule has 0 aromatic carbocycles. The number of nitrogens with zero attached hydrogens (tertiary/aromatic N) is 1. The van der Waals surface area contributed by atoms with Gasteiger partial charge < -0.3 is 10.6 Å². The maximum atomic E-state index is 11.6. The highest BCUT2D eigenvalue weighted by atomic mass is 35.5. The topological polar surface area (TPSA) is 54.0 Å². The highest BCUT2D eigenvalue weighted by Crippen LogP contribution is 2.10. The van der Waals surface area contributed by atoms with Crippen molar-refractivity contribution in [2.75, 3.05) is 11.9 Å². The zero-order valence-electron chi connectivity index (χ0n) is 9.39. The fourth-order valence-electron chi connectivity index (χ4n) is 1.80. The van der Waals surface area contributed by atoms with Gasteiger partial charge in [0.25, 0.3) is 0 Å². The van der Waals surface area contributed by atoms with Crippen molar-refractivity contribution >= 4 is 36.4 Å². The van der Waals surface area contributed by atoms with Crippen LogP contribution in [-0.4, -0.2) is 23.5 Å². The molecule has 1 unspecified atom stereocenters. The van der Waals surface area contributed by atoms with Crippen molar-refractivity contribution in [2.45, 2.75) is 25.3 Å². The number of hydrogen-bond donors (Lipinski definition) is 2. The lowest BCUT2D eigenvalue weighted by Crippen LogP contribution is -2.27. The van der Waals surface area contributed by atoms with Gasteiger partial charge in [-0.2, -0.15) is 0 Å². The van der Waals surface area contributed by atoms with E-state index in [2.05, 4.69) is 15.6 Å². The Morgan fingerprint density at radius 1 is 1.41 bits per heavy atom. The average Bonchev–Trinajstić information content (AvgIpc) is 2.71. The summed E-state index contributed by atoms with van der Waals surface area (Å²) in [5, 5.41) is 6.15. The lowest BCUT2D eigenvalue weighted by Gasteiger charge is -2.09. The second-order valence-corrected chi connectivity index (χ2v) is 3.78. The molecule has 1 fully saturated rings. The van der Waals surface area contributed by atoms with Crippen LogP contribution in [0.1, 0.15) is 19.3 Å². The maximum Gasteiger partial charge on any atom is 0.225 e. The first-order valence-electron chi connectivity index (χ1n) is 5.28. The summed E-state index contributed by atoms with van der Waals surface area (Å²) >= 11 is 0. The summed E-state index contributed by atoms with van der Waals surface area (Å²) in [6, 6.07) is 3.94. The largest absolute Gasteiger partial charge is 0.326 e. The first kappa shape index (κ1) is 16.2. The van der Waals surface area contributed by atoms with E-state index >= 15 is 0 Å². The van der Waals surface area contributed by atoms with Gasteiger partial charge >= 0.3 is 0 Å². The number of nitrogens with one attached hydrogen (secondary N) is 2. The molecule has 1 aliphatic heterocycles. The van der Waals surface area contributed by atoms with Crippen LogP contribution in [0.15, 0.2) is 24.5 Å². The van der Waals surface area contributed by atoms with Gasteiger partial charge in [0.1, 0.15) is 0 Å². The lowest BCUT2D eigenvalue weighted by atomic mass is 10.1. The zero-order valence-corrected chi connectivity index (χ0v) is 11.0. The molecule has 0 radical (unpaired) electrons. The minimum Gasteiger partial charge on any atom is -0.326 e. The second kappa shape index (κ2) is 8.28. The van der Waals surface area contributed by atoms with Crippen molar-refractivity contribution in [3.8, 4) is 0 Å². The van der Waals surface area contributed by atoms with Crippen molar-refractivity contribution in [3.63, 3.8) is 0 Å². The summed E-state index contributed by atoms with van der Waals surface area (Å²) in [6.45, 7) is 1.03. The van der Waals surface area contributed by atoms with Crippen LogP contribution in [0.3, 0.4) is 0 Å². The molecule has 0 spiro atoms. The van der Waals surface area contributed by atoms with Gasteiger partial charge in [-0.1, -0.05) is 0 Å². The fourth-order valence-corrected chi connectivity index (χ4v) is 1.80. The van der Waals surface area contributed by atoms with Crippen molar-refractivity contribution in [1.29, 1.82) is 0 Å². The molecule has 17 heavy (non-hydrogen) atoms. The van der Waals surface area contributed by atoms with Gasteiger partial charge in [0.15, 0.2) is 0 Å². The van der Waals surface area contributed by atoms with Crippen LogP contribution in [0.25, 0.3) is 0 Å². The third kappa shape index (κ3) is 5.35. The summed E-state index contributed by atoms with van der Waals surface area (Å²) in [7, 11) is 0. The molecule has 1 saturated heterocycles. The predicted octanol–water partition coefficient (Wildman–Crippen LogP) is 2.01. The van der Waals surface area contributed by atoms with Crippen molar-refractivity contribution in [2.24, 2.45) is 0 Å². The van der Waals surface area contributed by atoms with Crippen molar-refractivity contribution in [3.05, 3.63) is 24.5 Å². The minimum atomic E-state index is 0. The van der Waals surface area contributed by atoms with Crippen LogP contribution < -0.4 is 10.6 Å². The maximum absolute atomic E-state index is 11.6. The summed E-state index contributed by atoms with van der Waals surface area (Å²) in [6.07, 6.45) is 6.17. The number of rotatable bonds is 3. The van der Waals surface area contributed by atoms with Gasteiger partial charge in [-0.05, 0) is 31.5 Å². The van der Waals surface area contributed by atoms with E-state index < -0.39 is 0 Å². The molecule has 0 aliphatic carbocycles. The quantitative estimate of drug-likeness (QED) is 0.889. The molecule has 0 saturated carbocycles. The van der Waals surface area contributed by atoms with Crippen LogP contribution in [0, 0.1) is 0 Å². The zero-order chi connectivity index (χ0) is 10.5. The van der Waals surface area contributed by atoms with E-state index in [0.29, 0.717) is 12.5 Å². The molecule has 96 valence electrons. The SMILES string of the molecule is Cl.Cl.O=C(CC1CCCN1)Nc1ccncc1.